The number of aryl methyl sites for hydroxylation is 1. The average Bonchev–Trinajstić information content (AvgIpc) is 2.83. The van der Waals surface area contributed by atoms with Crippen molar-refractivity contribution in [2.24, 2.45) is 0 Å². The van der Waals surface area contributed by atoms with Crippen LogP contribution in [0.15, 0.2) is 90.2 Å². The van der Waals surface area contributed by atoms with E-state index in [0.717, 1.165) is 26.9 Å². The Morgan fingerprint density at radius 1 is 1.03 bits per heavy atom. The van der Waals surface area contributed by atoms with E-state index in [1.807, 2.05) is 31.2 Å². The molecule has 1 N–H and O–H groups in total. The first-order valence-corrected chi connectivity index (χ1v) is 12.9. The highest BCUT2D eigenvalue weighted by Crippen LogP contribution is 2.39. The molecule has 0 fully saturated rings. The molecule has 2 aromatic heterocycles. The standard InChI is InChI=1S/C26H17BrN2O4S/c1-14-5-8-17(9-6-14)34(31,32)22-4-2-3-21-23(22)19-11-15-13-28-20-10-7-16(27)12-18(20)24(15)29-25(19)26(30)33-21/h2-12,28H,13H2,1H3. The molecular formula is C26H17BrN2O4S. The van der Waals surface area contributed by atoms with E-state index in [9.17, 15) is 13.2 Å². The topological polar surface area (TPSA) is 89.3 Å². The van der Waals surface area contributed by atoms with Crippen LogP contribution >= 0.6 is 15.9 Å². The second kappa shape index (κ2) is 7.51. The third-order valence-corrected chi connectivity index (χ3v) is 8.39. The van der Waals surface area contributed by atoms with Gasteiger partial charge in [-0.05, 0) is 61.0 Å². The van der Waals surface area contributed by atoms with Gasteiger partial charge in [-0.25, -0.2) is 18.2 Å². The van der Waals surface area contributed by atoms with Crippen LogP contribution in [0.1, 0.15) is 11.1 Å². The third-order valence-electron chi connectivity index (χ3n) is 6.08. The summed E-state index contributed by atoms with van der Waals surface area (Å²) in [4.78, 5) is 17.9. The van der Waals surface area contributed by atoms with E-state index in [4.69, 9.17) is 9.40 Å². The molecule has 0 spiro atoms. The molecule has 3 aromatic carbocycles. The second-order valence-electron chi connectivity index (χ2n) is 8.27. The lowest BCUT2D eigenvalue weighted by atomic mass is 9.97. The van der Waals surface area contributed by atoms with Gasteiger partial charge in [0.05, 0.1) is 15.5 Å². The summed E-state index contributed by atoms with van der Waals surface area (Å²) >= 11 is 3.49. The van der Waals surface area contributed by atoms with Gasteiger partial charge >= 0.3 is 5.63 Å². The molecule has 0 aliphatic carbocycles. The highest BCUT2D eigenvalue weighted by atomic mass is 79.9. The van der Waals surface area contributed by atoms with Crippen molar-refractivity contribution in [1.82, 2.24) is 4.98 Å². The number of nitrogens with one attached hydrogen (secondary N) is 1. The number of anilines is 1. The Balaban J connectivity index is 1.69. The van der Waals surface area contributed by atoms with Gasteiger partial charge in [0.15, 0.2) is 5.52 Å². The minimum atomic E-state index is -3.87. The van der Waals surface area contributed by atoms with E-state index in [1.165, 1.54) is 0 Å². The van der Waals surface area contributed by atoms with E-state index < -0.39 is 15.5 Å². The van der Waals surface area contributed by atoms with E-state index in [0.29, 0.717) is 23.0 Å². The Labute approximate surface area is 203 Å². The maximum absolute atomic E-state index is 13.6. The van der Waals surface area contributed by atoms with E-state index >= 15 is 0 Å². The normalized spacial score (nSPS) is 12.9. The van der Waals surface area contributed by atoms with Gasteiger partial charge in [-0.2, -0.15) is 0 Å². The number of benzene rings is 3. The molecule has 168 valence electrons. The minimum absolute atomic E-state index is 0.0799. The summed E-state index contributed by atoms with van der Waals surface area (Å²) in [5, 5.41) is 4.18. The predicted molar refractivity (Wildman–Crippen MR) is 135 cm³/mol. The molecule has 1 aliphatic rings. The molecule has 0 unspecified atom stereocenters. The van der Waals surface area contributed by atoms with E-state index in [2.05, 4.69) is 21.2 Å². The Morgan fingerprint density at radius 2 is 1.82 bits per heavy atom. The highest BCUT2D eigenvalue weighted by Gasteiger charge is 2.26. The maximum atomic E-state index is 13.6. The number of hydrogen-bond donors (Lipinski definition) is 1. The van der Waals surface area contributed by atoms with Crippen LogP contribution in [0.25, 0.3) is 33.1 Å². The number of sulfone groups is 1. The molecule has 1 aliphatic heterocycles. The number of pyridine rings is 1. The van der Waals surface area contributed by atoms with E-state index in [1.54, 1.807) is 42.5 Å². The largest absolute Gasteiger partial charge is 0.421 e. The molecule has 3 heterocycles. The quantitative estimate of drug-likeness (QED) is 0.227. The van der Waals surface area contributed by atoms with Crippen molar-refractivity contribution in [2.45, 2.75) is 23.3 Å². The van der Waals surface area contributed by atoms with Crippen molar-refractivity contribution >= 4 is 53.3 Å². The molecule has 34 heavy (non-hydrogen) atoms. The Kier molecular flexibility index (Phi) is 4.65. The van der Waals surface area contributed by atoms with Gasteiger partial charge in [-0.15, -0.1) is 0 Å². The van der Waals surface area contributed by atoms with Crippen molar-refractivity contribution < 1.29 is 12.8 Å². The van der Waals surface area contributed by atoms with Crippen LogP contribution < -0.4 is 10.9 Å². The van der Waals surface area contributed by atoms with Crippen molar-refractivity contribution in [2.75, 3.05) is 5.32 Å². The Bertz CT molecular complexity index is 1810. The highest BCUT2D eigenvalue weighted by molar-refractivity contribution is 9.10. The zero-order chi connectivity index (χ0) is 23.6. The van der Waals surface area contributed by atoms with Gasteiger partial charge in [0, 0.05) is 33.0 Å². The van der Waals surface area contributed by atoms with Gasteiger partial charge in [0.2, 0.25) is 9.84 Å². The molecule has 0 saturated carbocycles. The van der Waals surface area contributed by atoms with Crippen molar-refractivity contribution in [3.63, 3.8) is 0 Å². The second-order valence-corrected chi connectivity index (χ2v) is 11.1. The summed E-state index contributed by atoms with van der Waals surface area (Å²) in [7, 11) is -3.87. The van der Waals surface area contributed by atoms with Gasteiger partial charge in [0.25, 0.3) is 0 Å². The SMILES string of the molecule is Cc1ccc(S(=O)(=O)c2cccc3oc(=O)c4nc5c(cc4c23)CNc2ccc(Br)cc2-5)cc1. The number of halogens is 1. The molecule has 8 heteroatoms. The molecular weight excluding hydrogens is 516 g/mol. The fourth-order valence-electron chi connectivity index (χ4n) is 4.40. The fraction of sp³-hybridized carbons (Fsp3) is 0.0769. The summed E-state index contributed by atoms with van der Waals surface area (Å²) in [6, 6.07) is 19.1. The van der Waals surface area contributed by atoms with Gasteiger partial charge in [0.1, 0.15) is 5.58 Å². The van der Waals surface area contributed by atoms with Crippen molar-refractivity contribution in [1.29, 1.82) is 0 Å². The van der Waals surface area contributed by atoms with Crippen molar-refractivity contribution in [3.05, 3.63) is 92.7 Å². The smallest absolute Gasteiger partial charge is 0.363 e. The summed E-state index contributed by atoms with van der Waals surface area (Å²) in [5.41, 5.74) is 3.98. The van der Waals surface area contributed by atoms with Gasteiger partial charge in [-0.3, -0.25) is 0 Å². The Hall–Kier alpha value is -3.49. The first-order chi connectivity index (χ1) is 16.3. The van der Waals surface area contributed by atoms with Crippen LogP contribution in [-0.2, 0) is 16.4 Å². The van der Waals surface area contributed by atoms with Gasteiger partial charge in [-0.1, -0.05) is 39.7 Å². The number of rotatable bonds is 2. The number of fused-ring (bicyclic) bond motifs is 6. The number of aromatic nitrogens is 1. The number of nitrogens with zero attached hydrogens (tertiary/aromatic N) is 1. The summed E-state index contributed by atoms with van der Waals surface area (Å²) in [5.74, 6) is 0. The van der Waals surface area contributed by atoms with Crippen LogP contribution in [-0.4, -0.2) is 13.4 Å². The molecule has 5 aromatic rings. The maximum Gasteiger partial charge on any atom is 0.363 e. The molecule has 6 nitrogen and oxygen atoms in total. The lowest BCUT2D eigenvalue weighted by Crippen LogP contribution is -2.13. The first kappa shape index (κ1) is 21.1. The minimum Gasteiger partial charge on any atom is -0.421 e. The summed E-state index contributed by atoms with van der Waals surface area (Å²) in [6.07, 6.45) is 0. The van der Waals surface area contributed by atoms with Gasteiger partial charge < -0.3 is 9.73 Å². The monoisotopic (exact) mass is 532 g/mol. The lowest BCUT2D eigenvalue weighted by Gasteiger charge is -2.21. The van der Waals surface area contributed by atoms with Crippen LogP contribution in [0.5, 0.6) is 0 Å². The lowest BCUT2D eigenvalue weighted by molar-refractivity contribution is 0.566. The van der Waals surface area contributed by atoms with Crippen molar-refractivity contribution in [3.8, 4) is 11.3 Å². The predicted octanol–water partition coefficient (Wildman–Crippen LogP) is 5.84. The average molecular weight is 533 g/mol. The van der Waals surface area contributed by atoms with Crippen LogP contribution in [0.3, 0.4) is 0 Å². The molecule has 0 bridgehead atoms. The van der Waals surface area contributed by atoms with Crippen LogP contribution in [0.2, 0.25) is 0 Å². The zero-order valence-electron chi connectivity index (χ0n) is 17.9. The summed E-state index contributed by atoms with van der Waals surface area (Å²) < 4.78 is 33.7. The van der Waals surface area contributed by atoms with Crippen LogP contribution in [0.4, 0.5) is 5.69 Å². The molecule has 0 saturated heterocycles. The molecule has 0 amide bonds. The third kappa shape index (κ3) is 3.17. The fourth-order valence-corrected chi connectivity index (χ4v) is 6.25. The van der Waals surface area contributed by atoms with Crippen LogP contribution in [0, 0.1) is 6.92 Å². The molecule has 0 atom stereocenters. The molecule has 6 rings (SSSR count). The zero-order valence-corrected chi connectivity index (χ0v) is 20.3. The number of hydrogen-bond acceptors (Lipinski definition) is 6. The van der Waals surface area contributed by atoms with E-state index in [-0.39, 0.29) is 20.9 Å². The molecule has 0 radical (unpaired) electrons. The summed E-state index contributed by atoms with van der Waals surface area (Å²) in [6.45, 7) is 2.40. The first-order valence-electron chi connectivity index (χ1n) is 10.6. The Morgan fingerprint density at radius 3 is 2.62 bits per heavy atom.